The number of rotatable bonds is 6. The molecule has 0 spiro atoms. The molecule has 0 radical (unpaired) electrons. The van der Waals surface area contributed by atoms with Crippen molar-refractivity contribution >= 4 is 0 Å². The third kappa shape index (κ3) is 3.95. The minimum Gasteiger partial charge on any atom is -0.361 e. The number of hydrogen-bond acceptors (Lipinski definition) is 3. The Morgan fingerprint density at radius 1 is 0.933 bits per heavy atom. The number of imidazole rings is 1. The molecule has 154 valence electrons. The molecule has 4 heteroatoms. The van der Waals surface area contributed by atoms with Crippen LogP contribution in [0.25, 0.3) is 22.4 Å². The van der Waals surface area contributed by atoms with E-state index in [4.69, 9.17) is 4.52 Å². The van der Waals surface area contributed by atoms with Crippen molar-refractivity contribution in [3.63, 3.8) is 0 Å². The summed E-state index contributed by atoms with van der Waals surface area (Å²) in [7, 11) is 0. The smallest absolute Gasteiger partial charge is 0.141 e. The minimum atomic E-state index is 0.430. The summed E-state index contributed by atoms with van der Waals surface area (Å²) in [6, 6.07) is 17.5. The molecule has 0 N–H and O–H groups in total. The third-order valence-corrected chi connectivity index (χ3v) is 5.93. The van der Waals surface area contributed by atoms with Gasteiger partial charge in [-0.2, -0.15) is 0 Å². The summed E-state index contributed by atoms with van der Waals surface area (Å²) in [4.78, 5) is 4.58. The summed E-state index contributed by atoms with van der Waals surface area (Å²) in [6.07, 6.45) is 3.01. The van der Waals surface area contributed by atoms with Crippen LogP contribution in [0.4, 0.5) is 0 Å². The molecular weight excluding hydrogens is 370 g/mol. The second-order valence-corrected chi connectivity index (χ2v) is 8.25. The Morgan fingerprint density at radius 2 is 1.70 bits per heavy atom. The van der Waals surface area contributed by atoms with Crippen LogP contribution in [-0.2, 0) is 6.54 Å². The maximum atomic E-state index is 5.36. The summed E-state index contributed by atoms with van der Waals surface area (Å²) in [5.74, 6) is 1.30. The van der Waals surface area contributed by atoms with Crippen LogP contribution in [0, 0.1) is 27.7 Å². The number of hydrogen-bond donors (Lipinski definition) is 0. The fourth-order valence-electron chi connectivity index (χ4n) is 4.13. The third-order valence-electron chi connectivity index (χ3n) is 5.93. The number of aromatic nitrogens is 3. The van der Waals surface area contributed by atoms with Gasteiger partial charge in [0.25, 0.3) is 0 Å². The second-order valence-electron chi connectivity index (χ2n) is 8.25. The van der Waals surface area contributed by atoms with Gasteiger partial charge in [-0.1, -0.05) is 66.2 Å². The number of nitrogens with zero attached hydrogens (tertiary/aromatic N) is 3. The Morgan fingerprint density at radius 3 is 2.40 bits per heavy atom. The molecule has 2 aromatic heterocycles. The van der Waals surface area contributed by atoms with E-state index in [2.05, 4.69) is 84.0 Å². The summed E-state index contributed by atoms with van der Waals surface area (Å²) < 4.78 is 7.65. The maximum Gasteiger partial charge on any atom is 0.141 e. The van der Waals surface area contributed by atoms with Crippen molar-refractivity contribution in [2.45, 2.75) is 53.5 Å². The lowest BCUT2D eigenvalue weighted by Gasteiger charge is -2.16. The van der Waals surface area contributed by atoms with E-state index >= 15 is 0 Å². The van der Waals surface area contributed by atoms with Gasteiger partial charge in [-0.15, -0.1) is 0 Å². The van der Waals surface area contributed by atoms with Crippen molar-refractivity contribution < 1.29 is 4.52 Å². The first-order valence-corrected chi connectivity index (χ1v) is 10.6. The van der Waals surface area contributed by atoms with Gasteiger partial charge in [-0.25, -0.2) is 4.98 Å². The zero-order valence-electron chi connectivity index (χ0n) is 18.4. The molecule has 0 aliphatic carbocycles. The standard InChI is InChI=1S/C26H29N3O/c1-17-9-11-22(12-10-17)26-20(4)27-16-29(26)14-13-18(2)23-7-6-8-24(15-23)25-19(3)28-30-21(25)5/h6-12,15-16,18H,13-14H2,1-5H3/t18-/m1/s1. The Bertz CT molecular complexity index is 1130. The zero-order valence-corrected chi connectivity index (χ0v) is 18.4. The topological polar surface area (TPSA) is 43.9 Å². The molecular formula is C26H29N3O. The van der Waals surface area contributed by atoms with Crippen LogP contribution in [0.2, 0.25) is 0 Å². The van der Waals surface area contributed by atoms with Gasteiger partial charge in [-0.3, -0.25) is 0 Å². The van der Waals surface area contributed by atoms with Crippen molar-refractivity contribution in [3.8, 4) is 22.4 Å². The molecule has 0 bridgehead atoms. The minimum absolute atomic E-state index is 0.430. The normalized spacial score (nSPS) is 12.3. The molecule has 1 atom stereocenters. The molecule has 0 saturated heterocycles. The molecule has 4 rings (SSSR count). The average molecular weight is 400 g/mol. The van der Waals surface area contributed by atoms with E-state index in [9.17, 15) is 0 Å². The van der Waals surface area contributed by atoms with Gasteiger partial charge in [0.15, 0.2) is 0 Å². The lowest BCUT2D eigenvalue weighted by Crippen LogP contribution is -2.04. The van der Waals surface area contributed by atoms with Crippen LogP contribution < -0.4 is 0 Å². The largest absolute Gasteiger partial charge is 0.361 e. The van der Waals surface area contributed by atoms with Gasteiger partial charge in [0.1, 0.15) is 5.76 Å². The van der Waals surface area contributed by atoms with Gasteiger partial charge >= 0.3 is 0 Å². The predicted octanol–water partition coefficient (Wildman–Crippen LogP) is 6.63. The quantitative estimate of drug-likeness (QED) is 0.365. The highest BCUT2D eigenvalue weighted by molar-refractivity contribution is 5.68. The van der Waals surface area contributed by atoms with Crippen LogP contribution in [0.15, 0.2) is 59.4 Å². The molecule has 0 aliphatic heterocycles. The van der Waals surface area contributed by atoms with E-state index in [-0.39, 0.29) is 0 Å². The zero-order chi connectivity index (χ0) is 21.3. The van der Waals surface area contributed by atoms with Crippen LogP contribution in [0.3, 0.4) is 0 Å². The highest BCUT2D eigenvalue weighted by atomic mass is 16.5. The van der Waals surface area contributed by atoms with Crippen LogP contribution in [-0.4, -0.2) is 14.7 Å². The highest BCUT2D eigenvalue weighted by Gasteiger charge is 2.15. The summed E-state index contributed by atoms with van der Waals surface area (Å²) in [5, 5.41) is 4.10. The molecule has 2 aromatic carbocycles. The van der Waals surface area contributed by atoms with Gasteiger partial charge in [0.05, 0.1) is 23.4 Å². The highest BCUT2D eigenvalue weighted by Crippen LogP contribution is 2.31. The van der Waals surface area contributed by atoms with Crippen molar-refractivity contribution in [2.24, 2.45) is 0 Å². The molecule has 0 amide bonds. The molecule has 0 saturated carbocycles. The van der Waals surface area contributed by atoms with Gasteiger partial charge in [-0.05, 0) is 51.2 Å². The van der Waals surface area contributed by atoms with Crippen molar-refractivity contribution in [2.75, 3.05) is 0 Å². The fourth-order valence-corrected chi connectivity index (χ4v) is 4.13. The van der Waals surface area contributed by atoms with E-state index in [1.165, 1.54) is 27.9 Å². The molecule has 30 heavy (non-hydrogen) atoms. The fraction of sp³-hybridized carbons (Fsp3) is 0.308. The number of benzene rings is 2. The maximum absolute atomic E-state index is 5.36. The van der Waals surface area contributed by atoms with E-state index in [0.717, 1.165) is 35.7 Å². The molecule has 2 heterocycles. The van der Waals surface area contributed by atoms with Crippen LogP contribution in [0.1, 0.15) is 47.5 Å². The predicted molar refractivity (Wildman–Crippen MR) is 122 cm³/mol. The van der Waals surface area contributed by atoms with Crippen molar-refractivity contribution in [1.29, 1.82) is 0 Å². The van der Waals surface area contributed by atoms with Crippen molar-refractivity contribution in [1.82, 2.24) is 14.7 Å². The Hall–Kier alpha value is -3.14. The lowest BCUT2D eigenvalue weighted by molar-refractivity contribution is 0.393. The first kappa shape index (κ1) is 20.1. The first-order valence-electron chi connectivity index (χ1n) is 10.6. The average Bonchev–Trinajstić information content (AvgIpc) is 3.28. The Balaban J connectivity index is 1.53. The van der Waals surface area contributed by atoms with E-state index in [1.54, 1.807) is 0 Å². The van der Waals surface area contributed by atoms with Crippen LogP contribution in [0.5, 0.6) is 0 Å². The number of aryl methyl sites for hydroxylation is 5. The summed E-state index contributed by atoms with van der Waals surface area (Å²) in [5.41, 5.74) is 9.34. The van der Waals surface area contributed by atoms with Crippen molar-refractivity contribution in [3.05, 3.63) is 83.1 Å². The summed E-state index contributed by atoms with van der Waals surface area (Å²) >= 11 is 0. The Kier molecular flexibility index (Phi) is 5.58. The van der Waals surface area contributed by atoms with Crippen LogP contribution >= 0.6 is 0 Å². The Labute approximate surface area is 178 Å². The SMILES string of the molecule is Cc1ccc(-c2c(C)ncn2CC[C@@H](C)c2cccc(-c3c(C)noc3C)c2)cc1. The molecule has 0 unspecified atom stereocenters. The first-order chi connectivity index (χ1) is 14.4. The molecule has 0 aliphatic rings. The molecule has 4 aromatic rings. The van der Waals surface area contributed by atoms with E-state index in [0.29, 0.717) is 5.92 Å². The van der Waals surface area contributed by atoms with E-state index < -0.39 is 0 Å². The second kappa shape index (κ2) is 8.31. The van der Waals surface area contributed by atoms with Gasteiger partial charge in [0.2, 0.25) is 0 Å². The lowest BCUT2D eigenvalue weighted by atomic mass is 9.93. The van der Waals surface area contributed by atoms with Gasteiger partial charge in [0, 0.05) is 17.7 Å². The molecule has 0 fully saturated rings. The molecule has 4 nitrogen and oxygen atoms in total. The summed E-state index contributed by atoms with van der Waals surface area (Å²) in [6.45, 7) is 11.4. The van der Waals surface area contributed by atoms with E-state index in [1.807, 2.05) is 20.2 Å². The van der Waals surface area contributed by atoms with Gasteiger partial charge < -0.3 is 9.09 Å². The monoisotopic (exact) mass is 399 g/mol.